The lowest BCUT2D eigenvalue weighted by molar-refractivity contribution is 0.100. The number of rotatable bonds is 3. The smallest absolute Gasteiger partial charge is 0.254 e. The van der Waals surface area contributed by atoms with Gasteiger partial charge in [-0.2, -0.15) is 0 Å². The third-order valence-corrected chi connectivity index (χ3v) is 4.10. The van der Waals surface area contributed by atoms with Crippen molar-refractivity contribution in [3.05, 3.63) is 40.2 Å². The van der Waals surface area contributed by atoms with Crippen molar-refractivity contribution in [3.8, 4) is 11.4 Å². The molecule has 0 aliphatic carbocycles. The molecule has 3 rings (SSSR count). The molecule has 0 saturated carbocycles. The number of benzene rings is 1. The number of fused-ring (bicyclic) bond motifs is 1. The van der Waals surface area contributed by atoms with Gasteiger partial charge in [-0.25, -0.2) is 9.97 Å². The molecule has 1 amide bonds. The van der Waals surface area contributed by atoms with E-state index in [1.165, 1.54) is 11.7 Å². The Labute approximate surface area is 154 Å². The number of hydrogen-bond acceptors (Lipinski definition) is 5. The van der Waals surface area contributed by atoms with Gasteiger partial charge in [-0.3, -0.25) is 9.36 Å². The first-order valence-corrected chi connectivity index (χ1v) is 7.37. The normalized spacial score (nSPS) is 15.6. The monoisotopic (exact) mass is 345 g/mol. The van der Waals surface area contributed by atoms with E-state index in [0.29, 0.717) is 17.0 Å². The van der Waals surface area contributed by atoms with Gasteiger partial charge in [0.25, 0.3) is 5.91 Å². The van der Waals surface area contributed by atoms with Crippen molar-refractivity contribution in [3.63, 3.8) is 0 Å². The lowest BCUT2D eigenvalue weighted by Gasteiger charge is -2.16. The van der Waals surface area contributed by atoms with Crippen LogP contribution in [0, 0.1) is 27.6 Å². The molecule has 0 atom stereocenters. The van der Waals surface area contributed by atoms with Crippen molar-refractivity contribution in [2.75, 3.05) is 12.8 Å². The van der Waals surface area contributed by atoms with Gasteiger partial charge in [0.2, 0.25) is 0 Å². The molecule has 130 valence electrons. The quantitative estimate of drug-likeness (QED) is 0.757. The summed E-state index contributed by atoms with van der Waals surface area (Å²) in [6, 6.07) is 3.50. The SMILES string of the molecule is [2H]C([2H])([2H])c1nc2c(C(N)=O)c(N)n(-c3c(C)ccc(OC)c3C)c2nc1C([2H])([2H])[2H]. The van der Waals surface area contributed by atoms with Crippen molar-refractivity contribution in [2.24, 2.45) is 5.73 Å². The van der Waals surface area contributed by atoms with Crippen LogP contribution < -0.4 is 16.2 Å². The lowest BCUT2D eigenvalue weighted by atomic mass is 10.1. The summed E-state index contributed by atoms with van der Waals surface area (Å²) in [7, 11) is 1.49. The predicted molar refractivity (Wildman–Crippen MR) is 97.3 cm³/mol. The molecule has 0 fully saturated rings. The number of methoxy groups -OCH3 is 1. The second kappa shape index (κ2) is 5.77. The van der Waals surface area contributed by atoms with Gasteiger partial charge in [0, 0.05) is 13.8 Å². The van der Waals surface area contributed by atoms with Gasteiger partial charge in [-0.05, 0) is 39.2 Å². The van der Waals surface area contributed by atoms with Crippen LogP contribution in [0.25, 0.3) is 16.9 Å². The van der Waals surface area contributed by atoms with Crippen molar-refractivity contribution >= 4 is 22.9 Å². The molecule has 0 spiro atoms. The molecule has 0 saturated heterocycles. The molecular weight excluding hydrogens is 318 g/mol. The summed E-state index contributed by atoms with van der Waals surface area (Å²) in [4.78, 5) is 20.4. The number of primary amides is 1. The van der Waals surface area contributed by atoms with Gasteiger partial charge in [0.1, 0.15) is 22.6 Å². The van der Waals surface area contributed by atoms with E-state index in [1.54, 1.807) is 26.0 Å². The zero-order valence-electron chi connectivity index (χ0n) is 20.0. The standard InChI is InChI=1S/C18H21N5O2/c1-8-6-7-12(25-5)9(2)15(8)23-16(19)13(17(20)24)14-18(23)22-11(4)10(3)21-14/h6-7H,19H2,1-5H3,(H2,20,24)/i3D3,4D3. The number of nitrogens with zero attached hydrogens (tertiary/aromatic N) is 3. The maximum atomic E-state index is 12.2. The van der Waals surface area contributed by atoms with E-state index in [-0.39, 0.29) is 22.5 Å². The Kier molecular flexibility index (Phi) is 2.47. The number of carbonyl (C=O) groups is 1. The van der Waals surface area contributed by atoms with E-state index < -0.39 is 31.0 Å². The van der Waals surface area contributed by atoms with Crippen LogP contribution >= 0.6 is 0 Å². The number of ether oxygens (including phenoxy) is 1. The molecule has 1 aromatic carbocycles. The summed E-state index contributed by atoms with van der Waals surface area (Å²) >= 11 is 0. The van der Waals surface area contributed by atoms with Crippen LogP contribution in [0.1, 0.15) is 41.1 Å². The van der Waals surface area contributed by atoms with Crippen LogP contribution in [0.15, 0.2) is 12.1 Å². The molecule has 4 N–H and O–H groups in total. The number of nitrogens with two attached hydrogens (primary N) is 2. The van der Waals surface area contributed by atoms with E-state index in [1.807, 2.05) is 0 Å². The third-order valence-electron chi connectivity index (χ3n) is 4.10. The molecular formula is C18H21N5O2. The van der Waals surface area contributed by atoms with E-state index in [4.69, 9.17) is 24.4 Å². The predicted octanol–water partition coefficient (Wildman–Crippen LogP) is 2.34. The molecule has 3 aromatic rings. The molecule has 0 aliphatic rings. The van der Waals surface area contributed by atoms with Crippen molar-refractivity contribution in [1.29, 1.82) is 0 Å². The number of carbonyl (C=O) groups excluding carboxylic acids is 1. The van der Waals surface area contributed by atoms with Gasteiger partial charge in [0.15, 0.2) is 5.65 Å². The number of anilines is 1. The Balaban J connectivity index is 2.59. The largest absolute Gasteiger partial charge is 0.496 e. The third kappa shape index (κ3) is 2.39. The number of aromatic nitrogens is 3. The summed E-state index contributed by atoms with van der Waals surface area (Å²) < 4.78 is 53.1. The van der Waals surface area contributed by atoms with E-state index >= 15 is 0 Å². The Morgan fingerprint density at radius 3 is 2.52 bits per heavy atom. The molecule has 7 nitrogen and oxygen atoms in total. The van der Waals surface area contributed by atoms with Crippen LogP contribution in [0.2, 0.25) is 0 Å². The van der Waals surface area contributed by atoms with Crippen LogP contribution in [-0.4, -0.2) is 27.6 Å². The average Bonchev–Trinajstić information content (AvgIpc) is 2.91. The van der Waals surface area contributed by atoms with Gasteiger partial charge in [-0.15, -0.1) is 0 Å². The maximum absolute atomic E-state index is 12.2. The number of hydrogen-bond donors (Lipinski definition) is 2. The fraction of sp³-hybridized carbons (Fsp3) is 0.278. The summed E-state index contributed by atoms with van der Waals surface area (Å²) in [5.74, 6) is -0.571. The van der Waals surface area contributed by atoms with Crippen LogP contribution in [-0.2, 0) is 0 Å². The highest BCUT2D eigenvalue weighted by Crippen LogP contribution is 2.35. The Hall–Kier alpha value is -3.09. The molecule has 0 aliphatic heterocycles. The molecule has 25 heavy (non-hydrogen) atoms. The second-order valence-electron chi connectivity index (χ2n) is 5.61. The van der Waals surface area contributed by atoms with E-state index in [2.05, 4.69) is 9.97 Å². The van der Waals surface area contributed by atoms with Crippen LogP contribution in [0.4, 0.5) is 5.82 Å². The van der Waals surface area contributed by atoms with Crippen LogP contribution in [0.5, 0.6) is 5.75 Å². The molecule has 2 heterocycles. The zero-order valence-corrected chi connectivity index (χ0v) is 14.0. The fourth-order valence-corrected chi connectivity index (χ4v) is 2.95. The molecule has 0 unspecified atom stereocenters. The van der Waals surface area contributed by atoms with Crippen molar-refractivity contribution in [1.82, 2.24) is 14.5 Å². The Morgan fingerprint density at radius 1 is 1.24 bits per heavy atom. The topological polar surface area (TPSA) is 109 Å². The molecule has 0 radical (unpaired) electrons. The van der Waals surface area contributed by atoms with Crippen molar-refractivity contribution < 1.29 is 17.8 Å². The molecule has 7 heteroatoms. The van der Waals surface area contributed by atoms with Gasteiger partial charge < -0.3 is 16.2 Å². The Morgan fingerprint density at radius 2 is 1.92 bits per heavy atom. The highest BCUT2D eigenvalue weighted by atomic mass is 16.5. The minimum Gasteiger partial charge on any atom is -0.496 e. The first-order chi connectivity index (χ1) is 14.2. The van der Waals surface area contributed by atoms with E-state index in [9.17, 15) is 4.79 Å². The highest BCUT2D eigenvalue weighted by molar-refractivity contribution is 6.09. The summed E-state index contributed by atoms with van der Waals surface area (Å²) in [5.41, 5.74) is 11.6. The minimum absolute atomic E-state index is 0.0927. The minimum atomic E-state index is -2.89. The summed E-state index contributed by atoms with van der Waals surface area (Å²) in [6.07, 6.45) is 0. The average molecular weight is 345 g/mol. The zero-order chi connectivity index (χ0) is 23.5. The van der Waals surface area contributed by atoms with E-state index in [0.717, 1.165) is 5.56 Å². The first-order valence-electron chi connectivity index (χ1n) is 10.4. The second-order valence-corrected chi connectivity index (χ2v) is 5.61. The summed E-state index contributed by atoms with van der Waals surface area (Å²) in [6.45, 7) is -2.23. The lowest BCUT2D eigenvalue weighted by Crippen LogP contribution is -2.14. The molecule has 2 aromatic heterocycles. The Bertz CT molecular complexity index is 1210. The molecule has 0 bridgehead atoms. The van der Waals surface area contributed by atoms with Gasteiger partial charge in [-0.1, -0.05) is 6.07 Å². The summed E-state index contributed by atoms with van der Waals surface area (Å²) in [5, 5.41) is 0. The number of nitrogen functional groups attached to an aromatic ring is 1. The van der Waals surface area contributed by atoms with Crippen molar-refractivity contribution in [2.45, 2.75) is 27.6 Å². The number of amides is 1. The van der Waals surface area contributed by atoms with Gasteiger partial charge >= 0.3 is 0 Å². The number of aryl methyl sites for hydroxylation is 3. The highest BCUT2D eigenvalue weighted by Gasteiger charge is 2.25. The van der Waals surface area contributed by atoms with Crippen LogP contribution in [0.3, 0.4) is 0 Å². The van der Waals surface area contributed by atoms with Gasteiger partial charge in [0.05, 0.1) is 24.2 Å². The fourth-order valence-electron chi connectivity index (χ4n) is 2.95. The first kappa shape index (κ1) is 10.7. The maximum Gasteiger partial charge on any atom is 0.254 e.